The molecule has 0 saturated carbocycles. The van der Waals surface area contributed by atoms with Gasteiger partial charge in [0.1, 0.15) is 12.1 Å². The molecule has 0 unspecified atom stereocenters. The number of para-hydroxylation sites is 1. The molecule has 1 saturated heterocycles. The molecule has 0 bridgehead atoms. The van der Waals surface area contributed by atoms with E-state index in [4.69, 9.17) is 4.42 Å². The second-order valence-corrected chi connectivity index (χ2v) is 6.35. The van der Waals surface area contributed by atoms with Gasteiger partial charge < -0.3 is 14.2 Å². The van der Waals surface area contributed by atoms with Crippen molar-refractivity contribution in [3.8, 4) is 0 Å². The number of rotatable bonds is 3. The number of nitrogens with one attached hydrogen (secondary N) is 1. The third kappa shape index (κ3) is 3.05. The van der Waals surface area contributed by atoms with E-state index >= 15 is 0 Å². The average Bonchev–Trinajstić information content (AvgIpc) is 3.07. The summed E-state index contributed by atoms with van der Waals surface area (Å²) in [6.07, 6.45) is 0. The molecule has 1 amide bonds. The van der Waals surface area contributed by atoms with Gasteiger partial charge in [-0.05, 0) is 12.1 Å². The molecular weight excluding hydrogens is 300 g/mol. The highest BCUT2D eigenvalue weighted by Crippen LogP contribution is 2.20. The van der Waals surface area contributed by atoms with Crippen LogP contribution in [-0.2, 0) is 6.54 Å². The zero-order valence-corrected chi connectivity index (χ0v) is 13.6. The summed E-state index contributed by atoms with van der Waals surface area (Å²) in [4.78, 5) is 16.1. The highest BCUT2D eigenvalue weighted by Gasteiger charge is 2.26. The van der Waals surface area contributed by atoms with E-state index in [0.717, 1.165) is 43.7 Å². The van der Waals surface area contributed by atoms with Gasteiger partial charge in [-0.15, -0.1) is 0 Å². The Morgan fingerprint density at radius 3 is 2.46 bits per heavy atom. The maximum absolute atomic E-state index is 12.7. The number of carbonyl (C=O) groups excluding carboxylic acids is 1. The zero-order valence-electron chi connectivity index (χ0n) is 13.6. The van der Waals surface area contributed by atoms with Crippen LogP contribution in [0.15, 0.2) is 65.1 Å². The van der Waals surface area contributed by atoms with E-state index in [2.05, 4.69) is 24.3 Å². The Morgan fingerprint density at radius 2 is 1.71 bits per heavy atom. The van der Waals surface area contributed by atoms with Crippen molar-refractivity contribution in [3.63, 3.8) is 0 Å². The van der Waals surface area contributed by atoms with Crippen LogP contribution >= 0.6 is 0 Å². The molecular formula is C20H21N2O2+. The van der Waals surface area contributed by atoms with Crippen molar-refractivity contribution in [2.24, 2.45) is 0 Å². The maximum Gasteiger partial charge on any atom is 0.290 e. The number of hydrogen-bond acceptors (Lipinski definition) is 2. The molecule has 0 radical (unpaired) electrons. The molecule has 1 N–H and O–H groups in total. The molecule has 122 valence electrons. The first kappa shape index (κ1) is 15.0. The molecule has 1 aromatic heterocycles. The van der Waals surface area contributed by atoms with Crippen molar-refractivity contribution >= 4 is 16.9 Å². The molecule has 2 heterocycles. The Morgan fingerprint density at radius 1 is 1.00 bits per heavy atom. The predicted molar refractivity (Wildman–Crippen MR) is 93.0 cm³/mol. The number of nitrogens with zero attached hydrogens (tertiary/aromatic N) is 1. The third-order valence-electron chi connectivity index (χ3n) is 4.69. The lowest BCUT2D eigenvalue weighted by Crippen LogP contribution is -3.13. The van der Waals surface area contributed by atoms with Crippen LogP contribution in [-0.4, -0.2) is 37.0 Å². The number of carbonyl (C=O) groups is 1. The second-order valence-electron chi connectivity index (χ2n) is 6.35. The SMILES string of the molecule is O=C(c1cc2ccccc2o1)N1CC[NH+](Cc2ccccc2)CC1. The van der Waals surface area contributed by atoms with E-state index in [1.165, 1.54) is 10.5 Å². The highest BCUT2D eigenvalue weighted by molar-refractivity contribution is 5.96. The number of hydrogen-bond donors (Lipinski definition) is 1. The van der Waals surface area contributed by atoms with Gasteiger partial charge in [-0.2, -0.15) is 0 Å². The zero-order chi connectivity index (χ0) is 16.4. The molecule has 24 heavy (non-hydrogen) atoms. The summed E-state index contributed by atoms with van der Waals surface area (Å²) in [5.74, 6) is 0.452. The van der Waals surface area contributed by atoms with Crippen LogP contribution in [0.2, 0.25) is 0 Å². The second kappa shape index (κ2) is 6.49. The minimum atomic E-state index is 0.00459. The molecule has 4 nitrogen and oxygen atoms in total. The minimum Gasteiger partial charge on any atom is -0.451 e. The van der Waals surface area contributed by atoms with E-state index < -0.39 is 0 Å². The summed E-state index contributed by atoms with van der Waals surface area (Å²) in [6, 6.07) is 20.1. The normalized spacial score (nSPS) is 15.8. The van der Waals surface area contributed by atoms with Gasteiger partial charge in [0.15, 0.2) is 5.76 Å². The van der Waals surface area contributed by atoms with Gasteiger partial charge in [0, 0.05) is 10.9 Å². The highest BCUT2D eigenvalue weighted by atomic mass is 16.3. The Hall–Kier alpha value is -2.59. The molecule has 4 rings (SSSR count). The molecule has 3 aromatic rings. The lowest BCUT2D eigenvalue weighted by Gasteiger charge is -2.31. The minimum absolute atomic E-state index is 0.00459. The predicted octanol–water partition coefficient (Wildman–Crippen LogP) is 1.97. The first-order valence-electron chi connectivity index (χ1n) is 8.45. The van der Waals surface area contributed by atoms with E-state index in [1.807, 2.05) is 41.3 Å². The van der Waals surface area contributed by atoms with Gasteiger partial charge >= 0.3 is 0 Å². The van der Waals surface area contributed by atoms with Crippen LogP contribution in [0, 0.1) is 0 Å². The fourth-order valence-electron chi connectivity index (χ4n) is 3.33. The summed E-state index contributed by atoms with van der Waals surface area (Å²) in [6.45, 7) is 4.52. The van der Waals surface area contributed by atoms with Gasteiger partial charge in [-0.3, -0.25) is 4.79 Å². The summed E-state index contributed by atoms with van der Waals surface area (Å²) in [7, 11) is 0. The van der Waals surface area contributed by atoms with E-state index in [9.17, 15) is 4.79 Å². The van der Waals surface area contributed by atoms with Crippen molar-refractivity contribution in [1.82, 2.24) is 4.90 Å². The summed E-state index contributed by atoms with van der Waals surface area (Å²) in [5, 5.41) is 0.981. The number of benzene rings is 2. The Bertz CT molecular complexity index is 800. The largest absolute Gasteiger partial charge is 0.451 e. The average molecular weight is 321 g/mol. The molecule has 1 fully saturated rings. The standard InChI is InChI=1S/C20H20N2O2/c23-20(19-14-17-8-4-5-9-18(17)24-19)22-12-10-21(11-13-22)15-16-6-2-1-3-7-16/h1-9,14H,10-13,15H2/p+1. The lowest BCUT2D eigenvalue weighted by molar-refractivity contribution is -0.917. The van der Waals surface area contributed by atoms with Crippen LogP contribution in [0.3, 0.4) is 0 Å². The fourth-order valence-corrected chi connectivity index (χ4v) is 3.33. The Labute approximate surface area is 141 Å². The molecule has 2 aromatic carbocycles. The van der Waals surface area contributed by atoms with Crippen molar-refractivity contribution in [2.75, 3.05) is 26.2 Å². The first-order chi connectivity index (χ1) is 11.8. The van der Waals surface area contributed by atoms with Gasteiger partial charge in [0.2, 0.25) is 0 Å². The van der Waals surface area contributed by atoms with Crippen LogP contribution in [0.5, 0.6) is 0 Å². The van der Waals surface area contributed by atoms with Gasteiger partial charge in [-0.25, -0.2) is 0 Å². The van der Waals surface area contributed by atoms with E-state index in [0.29, 0.717) is 5.76 Å². The third-order valence-corrected chi connectivity index (χ3v) is 4.69. The van der Waals surface area contributed by atoms with Crippen molar-refractivity contribution in [3.05, 3.63) is 72.0 Å². The fraction of sp³-hybridized carbons (Fsp3) is 0.250. The number of furan rings is 1. The molecule has 0 atom stereocenters. The Balaban J connectivity index is 1.39. The maximum atomic E-state index is 12.7. The van der Waals surface area contributed by atoms with Crippen molar-refractivity contribution in [2.45, 2.75) is 6.54 Å². The van der Waals surface area contributed by atoms with Crippen LogP contribution in [0.1, 0.15) is 16.1 Å². The number of piperazine rings is 1. The number of fused-ring (bicyclic) bond motifs is 1. The van der Waals surface area contributed by atoms with Crippen LogP contribution in [0.25, 0.3) is 11.0 Å². The topological polar surface area (TPSA) is 37.9 Å². The van der Waals surface area contributed by atoms with Crippen LogP contribution < -0.4 is 4.90 Å². The Kier molecular flexibility index (Phi) is 4.05. The molecule has 1 aliphatic heterocycles. The monoisotopic (exact) mass is 321 g/mol. The van der Waals surface area contributed by atoms with Gasteiger partial charge in [-0.1, -0.05) is 48.5 Å². The summed E-state index contributed by atoms with van der Waals surface area (Å²) >= 11 is 0. The number of quaternary nitrogens is 1. The lowest BCUT2D eigenvalue weighted by atomic mass is 10.2. The quantitative estimate of drug-likeness (QED) is 0.801. The van der Waals surface area contributed by atoms with Gasteiger partial charge in [0.25, 0.3) is 5.91 Å². The van der Waals surface area contributed by atoms with E-state index in [-0.39, 0.29) is 5.91 Å². The van der Waals surface area contributed by atoms with E-state index in [1.54, 1.807) is 0 Å². The van der Waals surface area contributed by atoms with Crippen molar-refractivity contribution < 1.29 is 14.1 Å². The molecule has 0 spiro atoms. The number of amides is 1. The molecule has 0 aliphatic carbocycles. The van der Waals surface area contributed by atoms with Crippen LogP contribution in [0.4, 0.5) is 0 Å². The first-order valence-corrected chi connectivity index (χ1v) is 8.45. The molecule has 4 heteroatoms. The van der Waals surface area contributed by atoms with Gasteiger partial charge in [0.05, 0.1) is 26.2 Å². The summed E-state index contributed by atoms with van der Waals surface area (Å²) in [5.41, 5.74) is 2.12. The van der Waals surface area contributed by atoms with Crippen molar-refractivity contribution in [1.29, 1.82) is 0 Å². The molecule has 1 aliphatic rings. The smallest absolute Gasteiger partial charge is 0.290 e. The summed E-state index contributed by atoms with van der Waals surface area (Å²) < 4.78 is 5.71.